The summed E-state index contributed by atoms with van der Waals surface area (Å²) < 4.78 is 53.6. The minimum atomic E-state index is -4.41. The third-order valence-corrected chi connectivity index (χ3v) is 3.58. The fraction of sp³-hybridized carbons (Fsp3) is 0.167. The number of methoxy groups -OCH3 is 1. The van der Waals surface area contributed by atoms with Crippen molar-refractivity contribution >= 4 is 0 Å². The van der Waals surface area contributed by atoms with Crippen molar-refractivity contribution in [1.29, 1.82) is 5.26 Å². The molecule has 0 saturated heterocycles. The first-order valence-electron chi connectivity index (χ1n) is 7.62. The first kappa shape index (κ1) is 18.3. The first-order valence-corrected chi connectivity index (χ1v) is 7.62. The van der Waals surface area contributed by atoms with Crippen molar-refractivity contribution in [2.75, 3.05) is 7.11 Å². The Morgan fingerprint density at radius 2 is 1.85 bits per heavy atom. The van der Waals surface area contributed by atoms with Crippen molar-refractivity contribution in [3.63, 3.8) is 0 Å². The summed E-state index contributed by atoms with van der Waals surface area (Å²) in [7, 11) is 1.44. The van der Waals surface area contributed by atoms with E-state index in [1.165, 1.54) is 25.3 Å². The van der Waals surface area contributed by atoms with Gasteiger partial charge in [-0.3, -0.25) is 0 Å². The lowest BCUT2D eigenvalue weighted by molar-refractivity contribution is -0.137. The molecule has 138 valence electrons. The van der Waals surface area contributed by atoms with Crippen LogP contribution in [0, 0.1) is 11.3 Å². The van der Waals surface area contributed by atoms with Crippen molar-refractivity contribution in [3.8, 4) is 29.0 Å². The van der Waals surface area contributed by atoms with Crippen LogP contribution < -0.4 is 9.47 Å². The Kier molecular flexibility index (Phi) is 4.98. The molecule has 3 rings (SSSR count). The monoisotopic (exact) mass is 375 g/mol. The van der Waals surface area contributed by atoms with Gasteiger partial charge in [-0.25, -0.2) is 0 Å². The molecule has 0 aliphatic carbocycles. The van der Waals surface area contributed by atoms with Gasteiger partial charge >= 0.3 is 6.18 Å². The van der Waals surface area contributed by atoms with Gasteiger partial charge < -0.3 is 14.0 Å². The number of halogens is 3. The highest BCUT2D eigenvalue weighted by atomic mass is 19.4. The third kappa shape index (κ3) is 4.17. The molecule has 1 heterocycles. The molecule has 0 atom stereocenters. The molecular weight excluding hydrogens is 363 g/mol. The highest BCUT2D eigenvalue weighted by Gasteiger charge is 2.30. The second-order valence-corrected chi connectivity index (χ2v) is 5.35. The highest BCUT2D eigenvalue weighted by molar-refractivity contribution is 5.54. The van der Waals surface area contributed by atoms with E-state index in [0.717, 1.165) is 12.1 Å². The molecular formula is C18H12F3N3O3. The van der Waals surface area contributed by atoms with Gasteiger partial charge in [0.25, 0.3) is 5.89 Å². The number of aromatic nitrogens is 2. The zero-order valence-corrected chi connectivity index (χ0v) is 13.9. The van der Waals surface area contributed by atoms with E-state index in [1.807, 2.05) is 6.07 Å². The number of rotatable bonds is 5. The molecule has 9 heteroatoms. The predicted molar refractivity (Wildman–Crippen MR) is 86.8 cm³/mol. The summed E-state index contributed by atoms with van der Waals surface area (Å²) in [5.41, 5.74) is 0.0433. The number of alkyl halides is 3. The van der Waals surface area contributed by atoms with Crippen LogP contribution in [-0.4, -0.2) is 17.3 Å². The molecule has 27 heavy (non-hydrogen) atoms. The molecule has 3 aromatic rings. The lowest BCUT2D eigenvalue weighted by Gasteiger charge is -2.08. The van der Waals surface area contributed by atoms with Crippen LogP contribution in [0.25, 0.3) is 11.4 Å². The van der Waals surface area contributed by atoms with Gasteiger partial charge in [0.05, 0.1) is 24.3 Å². The molecule has 0 radical (unpaired) electrons. The van der Waals surface area contributed by atoms with Gasteiger partial charge in [-0.15, -0.1) is 0 Å². The summed E-state index contributed by atoms with van der Waals surface area (Å²) in [4.78, 5) is 4.10. The first-order chi connectivity index (χ1) is 12.9. The minimum Gasteiger partial charge on any atom is -0.493 e. The lowest BCUT2D eigenvalue weighted by atomic mass is 10.1. The molecule has 0 bridgehead atoms. The molecule has 6 nitrogen and oxygen atoms in total. The fourth-order valence-corrected chi connectivity index (χ4v) is 2.23. The lowest BCUT2D eigenvalue weighted by Crippen LogP contribution is -2.04. The Hall–Kier alpha value is -3.54. The topological polar surface area (TPSA) is 81.2 Å². The van der Waals surface area contributed by atoms with E-state index in [1.54, 1.807) is 12.1 Å². The molecule has 2 aromatic carbocycles. The standard InChI is InChI=1S/C18H12F3N3O3/c1-25-15-8-11(9-22)2-7-14(15)26-10-16-23-17(24-27-16)12-3-5-13(6-4-12)18(19,20)21/h2-8H,10H2,1H3. The Morgan fingerprint density at radius 1 is 1.11 bits per heavy atom. The zero-order chi connectivity index (χ0) is 19.4. The number of benzene rings is 2. The molecule has 0 amide bonds. The van der Waals surface area contributed by atoms with Crippen molar-refractivity contribution < 1.29 is 27.2 Å². The smallest absolute Gasteiger partial charge is 0.416 e. The molecule has 0 spiro atoms. The Bertz CT molecular complexity index is 976. The van der Waals surface area contributed by atoms with Crippen molar-refractivity contribution in [1.82, 2.24) is 10.1 Å². The van der Waals surface area contributed by atoms with Crippen LogP contribution in [0.15, 0.2) is 47.0 Å². The number of nitriles is 1. The molecule has 0 unspecified atom stereocenters. The maximum absolute atomic E-state index is 12.6. The average Bonchev–Trinajstić information content (AvgIpc) is 3.14. The molecule has 0 N–H and O–H groups in total. The number of ether oxygens (including phenoxy) is 2. The third-order valence-electron chi connectivity index (χ3n) is 3.58. The summed E-state index contributed by atoms with van der Waals surface area (Å²) in [5, 5.41) is 12.6. The predicted octanol–water partition coefficient (Wildman–Crippen LogP) is 4.21. The van der Waals surface area contributed by atoms with Crippen LogP contribution >= 0.6 is 0 Å². The number of hydrogen-bond acceptors (Lipinski definition) is 6. The summed E-state index contributed by atoms with van der Waals surface area (Å²) >= 11 is 0. The van der Waals surface area contributed by atoms with Crippen LogP contribution in [0.4, 0.5) is 13.2 Å². The van der Waals surface area contributed by atoms with E-state index in [0.29, 0.717) is 22.6 Å². The summed E-state index contributed by atoms with van der Waals surface area (Å²) in [6.07, 6.45) is -4.41. The molecule has 0 saturated carbocycles. The van der Waals surface area contributed by atoms with Crippen molar-refractivity contribution in [3.05, 3.63) is 59.5 Å². The van der Waals surface area contributed by atoms with Crippen molar-refractivity contribution in [2.24, 2.45) is 0 Å². The largest absolute Gasteiger partial charge is 0.493 e. The van der Waals surface area contributed by atoms with Crippen LogP contribution in [0.2, 0.25) is 0 Å². The normalized spacial score (nSPS) is 11.1. The number of hydrogen-bond donors (Lipinski definition) is 0. The second-order valence-electron chi connectivity index (χ2n) is 5.35. The SMILES string of the molecule is COc1cc(C#N)ccc1OCc1nc(-c2ccc(C(F)(F)F)cc2)no1. The van der Waals surface area contributed by atoms with E-state index < -0.39 is 11.7 Å². The maximum Gasteiger partial charge on any atom is 0.416 e. The fourth-order valence-electron chi connectivity index (χ4n) is 2.23. The average molecular weight is 375 g/mol. The second kappa shape index (κ2) is 7.37. The summed E-state index contributed by atoms with van der Waals surface area (Å²) in [6, 6.07) is 11.1. The van der Waals surface area contributed by atoms with Gasteiger partial charge in [0.1, 0.15) is 0 Å². The van der Waals surface area contributed by atoms with Gasteiger partial charge in [-0.2, -0.15) is 23.4 Å². The number of nitrogens with zero attached hydrogens (tertiary/aromatic N) is 3. The zero-order valence-electron chi connectivity index (χ0n) is 13.9. The van der Waals surface area contributed by atoms with E-state index in [2.05, 4.69) is 10.1 Å². The molecule has 0 aliphatic heterocycles. The van der Waals surface area contributed by atoms with E-state index in [4.69, 9.17) is 19.3 Å². The van der Waals surface area contributed by atoms with Gasteiger partial charge in [-0.1, -0.05) is 17.3 Å². The van der Waals surface area contributed by atoms with Gasteiger partial charge in [0.2, 0.25) is 5.82 Å². The molecule has 1 aromatic heterocycles. The van der Waals surface area contributed by atoms with Crippen LogP contribution in [-0.2, 0) is 12.8 Å². The van der Waals surface area contributed by atoms with Crippen LogP contribution in [0.3, 0.4) is 0 Å². The van der Waals surface area contributed by atoms with E-state index >= 15 is 0 Å². The van der Waals surface area contributed by atoms with E-state index in [-0.39, 0.29) is 18.3 Å². The summed E-state index contributed by atoms with van der Waals surface area (Å²) in [5.74, 6) is 1.03. The molecule has 0 aliphatic rings. The van der Waals surface area contributed by atoms with Gasteiger partial charge in [0, 0.05) is 11.6 Å². The van der Waals surface area contributed by atoms with Crippen LogP contribution in [0.5, 0.6) is 11.5 Å². The highest BCUT2D eigenvalue weighted by Crippen LogP contribution is 2.31. The Balaban J connectivity index is 1.71. The summed E-state index contributed by atoms with van der Waals surface area (Å²) in [6.45, 7) is -0.0735. The maximum atomic E-state index is 12.6. The Labute approximate surface area is 151 Å². The van der Waals surface area contributed by atoms with Gasteiger partial charge in [0.15, 0.2) is 18.1 Å². The minimum absolute atomic E-state index is 0.0735. The van der Waals surface area contributed by atoms with Crippen LogP contribution in [0.1, 0.15) is 17.0 Å². The Morgan fingerprint density at radius 3 is 2.48 bits per heavy atom. The molecule has 0 fully saturated rings. The van der Waals surface area contributed by atoms with Crippen molar-refractivity contribution in [2.45, 2.75) is 12.8 Å². The van der Waals surface area contributed by atoms with Gasteiger partial charge in [-0.05, 0) is 24.3 Å². The van der Waals surface area contributed by atoms with E-state index in [9.17, 15) is 13.2 Å². The quantitative estimate of drug-likeness (QED) is 0.664.